The summed E-state index contributed by atoms with van der Waals surface area (Å²) in [6, 6.07) is 7.92. The molecule has 128 valence electrons. The lowest BCUT2D eigenvalue weighted by Crippen LogP contribution is -2.36. The van der Waals surface area contributed by atoms with Crippen LogP contribution in [-0.2, 0) is 13.1 Å². The van der Waals surface area contributed by atoms with Crippen molar-refractivity contribution in [2.24, 2.45) is 4.99 Å². The van der Waals surface area contributed by atoms with Crippen molar-refractivity contribution in [3.05, 3.63) is 58.6 Å². The highest BCUT2D eigenvalue weighted by atomic mass is 32.1. The normalized spacial score (nSPS) is 11.2. The number of aliphatic imine (C=N–C) groups is 1. The van der Waals surface area contributed by atoms with E-state index in [9.17, 15) is 0 Å². The van der Waals surface area contributed by atoms with Gasteiger partial charge in [-0.15, -0.1) is 11.3 Å². The van der Waals surface area contributed by atoms with Gasteiger partial charge in [0.2, 0.25) is 0 Å². The maximum atomic E-state index is 5.67. The molecule has 0 aliphatic carbocycles. The van der Waals surface area contributed by atoms with Crippen LogP contribution < -0.4 is 15.4 Å². The van der Waals surface area contributed by atoms with Gasteiger partial charge >= 0.3 is 0 Å². The van der Waals surface area contributed by atoms with Crippen LogP contribution >= 0.6 is 11.3 Å². The number of aryl methyl sites for hydroxylation is 1. The third-order valence-corrected chi connectivity index (χ3v) is 4.07. The van der Waals surface area contributed by atoms with E-state index in [0.29, 0.717) is 19.7 Å². The predicted octanol–water partition coefficient (Wildman–Crippen LogP) is 3.27. The fourth-order valence-corrected chi connectivity index (χ4v) is 2.80. The van der Waals surface area contributed by atoms with Crippen LogP contribution in [0.25, 0.3) is 0 Å². The van der Waals surface area contributed by atoms with Gasteiger partial charge in [0.15, 0.2) is 5.96 Å². The Morgan fingerprint density at radius 3 is 2.92 bits per heavy atom. The molecule has 5 nitrogen and oxygen atoms in total. The molecular formula is C18H24N4OS. The Labute approximate surface area is 147 Å². The minimum Gasteiger partial charge on any atom is -0.489 e. The van der Waals surface area contributed by atoms with E-state index < -0.39 is 0 Å². The third-order valence-electron chi connectivity index (χ3n) is 3.16. The topological polar surface area (TPSA) is 58.5 Å². The monoisotopic (exact) mass is 344 g/mol. The van der Waals surface area contributed by atoms with Crippen molar-refractivity contribution in [2.75, 3.05) is 13.2 Å². The van der Waals surface area contributed by atoms with Crippen molar-refractivity contribution in [3.63, 3.8) is 0 Å². The zero-order valence-electron chi connectivity index (χ0n) is 14.2. The smallest absolute Gasteiger partial charge is 0.191 e. The van der Waals surface area contributed by atoms with E-state index in [1.165, 1.54) is 4.88 Å². The van der Waals surface area contributed by atoms with Gasteiger partial charge in [-0.1, -0.05) is 30.9 Å². The molecule has 0 unspecified atom stereocenters. The minimum atomic E-state index is 0.489. The van der Waals surface area contributed by atoms with Crippen LogP contribution in [0, 0.1) is 6.92 Å². The lowest BCUT2D eigenvalue weighted by molar-refractivity contribution is 0.359. The van der Waals surface area contributed by atoms with Gasteiger partial charge in [0, 0.05) is 23.2 Å². The number of para-hydroxylation sites is 1. The van der Waals surface area contributed by atoms with Crippen LogP contribution in [0.15, 0.2) is 48.1 Å². The maximum Gasteiger partial charge on any atom is 0.191 e. The van der Waals surface area contributed by atoms with Crippen LogP contribution in [-0.4, -0.2) is 24.1 Å². The van der Waals surface area contributed by atoms with E-state index in [0.717, 1.165) is 28.8 Å². The molecule has 6 heteroatoms. The van der Waals surface area contributed by atoms with Crippen molar-refractivity contribution in [3.8, 4) is 5.75 Å². The van der Waals surface area contributed by atoms with Gasteiger partial charge in [0.05, 0.1) is 13.1 Å². The number of nitrogens with zero attached hydrogens (tertiary/aromatic N) is 2. The fraction of sp³-hybridized carbons (Fsp3) is 0.333. The molecule has 1 aromatic heterocycles. The summed E-state index contributed by atoms with van der Waals surface area (Å²) in [7, 11) is 0. The molecule has 2 rings (SSSR count). The largest absolute Gasteiger partial charge is 0.489 e. The number of hydrogen-bond donors (Lipinski definition) is 2. The molecule has 1 aromatic carbocycles. The van der Waals surface area contributed by atoms with E-state index in [1.54, 1.807) is 17.4 Å². The molecule has 1 heterocycles. The average Bonchev–Trinajstić information content (AvgIpc) is 3.01. The Balaban J connectivity index is 2.01. The van der Waals surface area contributed by atoms with Crippen LogP contribution in [0.3, 0.4) is 0 Å². The first-order valence-electron chi connectivity index (χ1n) is 7.98. The predicted molar refractivity (Wildman–Crippen MR) is 101 cm³/mol. The standard InChI is InChI=1S/C18H24N4OS/c1-4-10-23-16-9-7-6-8-15(16)12-21-18(19-5-2)22-13-17-20-11-14(3)24-17/h4,6-9,11H,1,5,10,12-13H2,2-3H3,(H2,19,21,22). The SMILES string of the molecule is C=CCOc1ccccc1CN=C(NCC)NCc1ncc(C)s1. The summed E-state index contributed by atoms with van der Waals surface area (Å²) in [5.41, 5.74) is 1.04. The first-order chi connectivity index (χ1) is 11.7. The van der Waals surface area contributed by atoms with Crippen LogP contribution in [0.5, 0.6) is 5.75 Å². The first-order valence-corrected chi connectivity index (χ1v) is 8.79. The number of rotatable bonds is 8. The maximum absolute atomic E-state index is 5.67. The Hall–Kier alpha value is -2.34. The van der Waals surface area contributed by atoms with Gasteiger partial charge < -0.3 is 15.4 Å². The summed E-state index contributed by atoms with van der Waals surface area (Å²) in [4.78, 5) is 10.2. The zero-order valence-corrected chi connectivity index (χ0v) is 15.0. The molecule has 0 bridgehead atoms. The molecule has 0 saturated heterocycles. The Bertz CT molecular complexity index is 681. The van der Waals surface area contributed by atoms with Crippen LogP contribution in [0.2, 0.25) is 0 Å². The summed E-state index contributed by atoms with van der Waals surface area (Å²) < 4.78 is 5.67. The molecule has 0 amide bonds. The molecule has 0 atom stereocenters. The van der Waals surface area contributed by atoms with Gasteiger partial charge in [-0.05, 0) is 19.9 Å². The molecule has 0 aliphatic rings. The highest BCUT2D eigenvalue weighted by Crippen LogP contribution is 2.18. The first kappa shape index (κ1) is 18.0. The molecule has 0 fully saturated rings. The lowest BCUT2D eigenvalue weighted by Gasteiger charge is -2.12. The number of guanidine groups is 1. The van der Waals surface area contributed by atoms with E-state index in [1.807, 2.05) is 37.4 Å². The summed E-state index contributed by atoms with van der Waals surface area (Å²) in [5.74, 6) is 1.61. The van der Waals surface area contributed by atoms with Crippen molar-refractivity contribution in [2.45, 2.75) is 26.9 Å². The Morgan fingerprint density at radius 1 is 1.38 bits per heavy atom. The summed E-state index contributed by atoms with van der Waals surface area (Å²) in [5, 5.41) is 7.61. The number of ether oxygens (including phenoxy) is 1. The molecule has 2 aromatic rings. The van der Waals surface area contributed by atoms with Gasteiger partial charge in [0.25, 0.3) is 0 Å². The summed E-state index contributed by atoms with van der Waals surface area (Å²) in [6.45, 7) is 10.3. The van der Waals surface area contributed by atoms with E-state index >= 15 is 0 Å². The second-order valence-electron chi connectivity index (χ2n) is 5.12. The van der Waals surface area contributed by atoms with E-state index in [4.69, 9.17) is 4.74 Å². The molecular weight excluding hydrogens is 320 g/mol. The quantitative estimate of drug-likeness (QED) is 0.438. The average molecular weight is 344 g/mol. The lowest BCUT2D eigenvalue weighted by atomic mass is 10.2. The minimum absolute atomic E-state index is 0.489. The van der Waals surface area contributed by atoms with Crippen molar-refractivity contribution < 1.29 is 4.74 Å². The molecule has 0 radical (unpaired) electrons. The van der Waals surface area contributed by atoms with Gasteiger partial charge in [-0.3, -0.25) is 0 Å². The van der Waals surface area contributed by atoms with Gasteiger partial charge in [0.1, 0.15) is 17.4 Å². The van der Waals surface area contributed by atoms with Crippen LogP contribution in [0.1, 0.15) is 22.4 Å². The second-order valence-corrected chi connectivity index (χ2v) is 6.44. The van der Waals surface area contributed by atoms with E-state index in [-0.39, 0.29) is 0 Å². The molecule has 0 spiro atoms. The summed E-state index contributed by atoms with van der Waals surface area (Å²) in [6.07, 6.45) is 3.63. The second kappa shape index (κ2) is 9.72. The zero-order chi connectivity index (χ0) is 17.2. The Kier molecular flexibility index (Phi) is 7.29. The molecule has 0 saturated carbocycles. The Morgan fingerprint density at radius 2 is 2.21 bits per heavy atom. The van der Waals surface area contributed by atoms with Gasteiger partial charge in [-0.25, -0.2) is 9.98 Å². The van der Waals surface area contributed by atoms with Crippen molar-refractivity contribution >= 4 is 17.3 Å². The number of thiazole rings is 1. The summed E-state index contributed by atoms with van der Waals surface area (Å²) >= 11 is 1.69. The molecule has 24 heavy (non-hydrogen) atoms. The molecule has 2 N–H and O–H groups in total. The number of aromatic nitrogens is 1. The number of hydrogen-bond acceptors (Lipinski definition) is 4. The highest BCUT2D eigenvalue weighted by molar-refractivity contribution is 7.11. The fourth-order valence-electron chi connectivity index (χ4n) is 2.07. The highest BCUT2D eigenvalue weighted by Gasteiger charge is 2.04. The van der Waals surface area contributed by atoms with Crippen LogP contribution in [0.4, 0.5) is 0 Å². The van der Waals surface area contributed by atoms with Crippen molar-refractivity contribution in [1.29, 1.82) is 0 Å². The third kappa shape index (κ3) is 5.70. The molecule has 0 aliphatic heterocycles. The van der Waals surface area contributed by atoms with E-state index in [2.05, 4.69) is 34.1 Å². The van der Waals surface area contributed by atoms with Crippen molar-refractivity contribution in [1.82, 2.24) is 15.6 Å². The number of nitrogens with one attached hydrogen (secondary N) is 2. The number of benzene rings is 1. The van der Waals surface area contributed by atoms with Gasteiger partial charge in [-0.2, -0.15) is 0 Å².